The molecule has 1 aliphatic rings. The van der Waals surface area contributed by atoms with Crippen LogP contribution in [0.25, 0.3) is 0 Å². The van der Waals surface area contributed by atoms with Crippen molar-refractivity contribution in [2.24, 2.45) is 5.92 Å². The lowest BCUT2D eigenvalue weighted by molar-refractivity contribution is -0.133. The lowest BCUT2D eigenvalue weighted by Crippen LogP contribution is -2.45. The Bertz CT molecular complexity index is 795. The minimum atomic E-state index is -0.613. The zero-order valence-electron chi connectivity index (χ0n) is 16.1. The number of benzene rings is 2. The van der Waals surface area contributed by atoms with Gasteiger partial charge in [-0.3, -0.25) is 9.59 Å². The molecule has 1 N–H and O–H groups in total. The Kier molecular flexibility index (Phi) is 5.49. The molecule has 2 aromatic carbocycles. The molecular weight excluding hydrogens is 340 g/mol. The zero-order valence-corrected chi connectivity index (χ0v) is 16.1. The van der Waals surface area contributed by atoms with E-state index in [0.29, 0.717) is 19.6 Å². The molecule has 0 saturated carbocycles. The Labute approximate surface area is 160 Å². The van der Waals surface area contributed by atoms with Crippen molar-refractivity contribution in [1.29, 1.82) is 0 Å². The number of anilines is 1. The number of hydrogen-bond acceptors (Lipinski definition) is 3. The summed E-state index contributed by atoms with van der Waals surface area (Å²) in [4.78, 5) is 26.7. The van der Waals surface area contributed by atoms with E-state index < -0.39 is 5.92 Å². The van der Waals surface area contributed by atoms with Crippen molar-refractivity contribution in [3.05, 3.63) is 60.2 Å². The minimum absolute atomic E-state index is 0.144. The molecule has 0 spiro atoms. The number of amides is 2. The van der Waals surface area contributed by atoms with Crippen LogP contribution < -0.4 is 15.0 Å². The molecule has 3 rings (SSSR count). The second kappa shape index (κ2) is 7.82. The van der Waals surface area contributed by atoms with E-state index in [2.05, 4.69) is 5.32 Å². The largest absolute Gasteiger partial charge is 0.489 e. The van der Waals surface area contributed by atoms with Gasteiger partial charge in [-0.25, -0.2) is 0 Å². The van der Waals surface area contributed by atoms with E-state index in [0.717, 1.165) is 17.0 Å². The molecular formula is C22H26N2O3. The second-order valence-electron chi connectivity index (χ2n) is 7.84. The van der Waals surface area contributed by atoms with Gasteiger partial charge in [0.05, 0.1) is 0 Å². The summed E-state index contributed by atoms with van der Waals surface area (Å²) in [6.07, 6.45) is 0.535. The molecule has 0 radical (unpaired) electrons. The molecule has 1 aliphatic heterocycles. The molecule has 2 aromatic rings. The molecule has 1 saturated heterocycles. The van der Waals surface area contributed by atoms with Crippen LogP contribution in [-0.2, 0) is 16.2 Å². The Hall–Kier alpha value is -2.82. The molecule has 1 unspecified atom stereocenters. The van der Waals surface area contributed by atoms with Crippen LogP contribution in [-0.4, -0.2) is 23.9 Å². The van der Waals surface area contributed by atoms with Crippen LogP contribution in [0.5, 0.6) is 5.75 Å². The third kappa shape index (κ3) is 4.88. The molecule has 2 amide bonds. The molecule has 0 aliphatic carbocycles. The van der Waals surface area contributed by atoms with Gasteiger partial charge in [0.25, 0.3) is 0 Å². The fourth-order valence-electron chi connectivity index (χ4n) is 3.10. The minimum Gasteiger partial charge on any atom is -0.489 e. The van der Waals surface area contributed by atoms with Crippen molar-refractivity contribution >= 4 is 17.5 Å². The van der Waals surface area contributed by atoms with Gasteiger partial charge in [0, 0.05) is 17.8 Å². The molecule has 0 bridgehead atoms. The van der Waals surface area contributed by atoms with Crippen LogP contribution in [0, 0.1) is 5.92 Å². The molecule has 5 heteroatoms. The third-order valence-corrected chi connectivity index (χ3v) is 4.42. The fourth-order valence-corrected chi connectivity index (χ4v) is 3.10. The number of carbonyl (C=O) groups is 2. The van der Waals surface area contributed by atoms with Crippen molar-refractivity contribution in [3.8, 4) is 5.75 Å². The second-order valence-corrected chi connectivity index (χ2v) is 7.84. The Balaban J connectivity index is 1.60. The highest BCUT2D eigenvalue weighted by atomic mass is 16.5. The van der Waals surface area contributed by atoms with Crippen LogP contribution in [0.1, 0.15) is 32.8 Å². The summed E-state index contributed by atoms with van der Waals surface area (Å²) in [7, 11) is 0. The number of nitrogens with one attached hydrogen (secondary N) is 1. The van der Waals surface area contributed by atoms with Crippen LogP contribution in [0.3, 0.4) is 0 Å². The van der Waals surface area contributed by atoms with Gasteiger partial charge in [0.15, 0.2) is 0 Å². The quantitative estimate of drug-likeness (QED) is 0.824. The standard InChI is InChI=1S/C22H26N2O3/c1-22(2,3)23-20(25)19-13-14-24(21(19)26)17-9-11-18(12-10-17)27-15-16-7-5-4-6-8-16/h4-12,19H,13-15H2,1-3H3,(H,23,25). The van der Waals surface area contributed by atoms with E-state index in [-0.39, 0.29) is 17.4 Å². The first-order valence-corrected chi connectivity index (χ1v) is 9.24. The average molecular weight is 366 g/mol. The van der Waals surface area contributed by atoms with Crippen molar-refractivity contribution in [1.82, 2.24) is 5.32 Å². The summed E-state index contributed by atoms with van der Waals surface area (Å²) in [6, 6.07) is 17.4. The first kappa shape index (κ1) is 19.0. The number of rotatable bonds is 5. The number of hydrogen-bond donors (Lipinski definition) is 1. The first-order valence-electron chi connectivity index (χ1n) is 9.24. The Morgan fingerprint density at radius 2 is 1.78 bits per heavy atom. The van der Waals surface area contributed by atoms with Crippen LogP contribution in [0.15, 0.2) is 54.6 Å². The highest BCUT2D eigenvalue weighted by molar-refractivity contribution is 6.09. The van der Waals surface area contributed by atoms with E-state index in [1.807, 2.05) is 75.4 Å². The molecule has 1 atom stereocenters. The van der Waals surface area contributed by atoms with Crippen molar-refractivity contribution in [3.63, 3.8) is 0 Å². The predicted molar refractivity (Wildman–Crippen MR) is 106 cm³/mol. The summed E-state index contributed by atoms with van der Waals surface area (Å²) < 4.78 is 5.78. The van der Waals surface area contributed by atoms with E-state index in [1.165, 1.54) is 0 Å². The highest BCUT2D eigenvalue weighted by Gasteiger charge is 2.38. The van der Waals surface area contributed by atoms with Crippen LogP contribution in [0.2, 0.25) is 0 Å². The highest BCUT2D eigenvalue weighted by Crippen LogP contribution is 2.27. The van der Waals surface area contributed by atoms with Gasteiger partial charge < -0.3 is 15.0 Å². The van der Waals surface area contributed by atoms with E-state index >= 15 is 0 Å². The van der Waals surface area contributed by atoms with E-state index in [1.54, 1.807) is 4.90 Å². The first-order chi connectivity index (χ1) is 12.8. The lowest BCUT2D eigenvalue weighted by Gasteiger charge is -2.23. The average Bonchev–Trinajstić information content (AvgIpc) is 3.01. The van der Waals surface area contributed by atoms with Gasteiger partial charge in [0.2, 0.25) is 11.8 Å². The Morgan fingerprint density at radius 1 is 1.11 bits per heavy atom. The number of carbonyl (C=O) groups excluding carboxylic acids is 2. The lowest BCUT2D eigenvalue weighted by atomic mass is 10.0. The molecule has 27 heavy (non-hydrogen) atoms. The van der Waals surface area contributed by atoms with Gasteiger partial charge >= 0.3 is 0 Å². The van der Waals surface area contributed by atoms with Gasteiger partial charge in [-0.05, 0) is 57.0 Å². The zero-order chi connectivity index (χ0) is 19.4. The topological polar surface area (TPSA) is 58.6 Å². The summed E-state index contributed by atoms with van der Waals surface area (Å²) in [6.45, 7) is 6.78. The molecule has 1 heterocycles. The van der Waals surface area contributed by atoms with E-state index in [9.17, 15) is 9.59 Å². The Morgan fingerprint density at radius 3 is 2.41 bits per heavy atom. The predicted octanol–water partition coefficient (Wildman–Crippen LogP) is 3.53. The SMILES string of the molecule is CC(C)(C)NC(=O)C1CCN(c2ccc(OCc3ccccc3)cc2)C1=O. The van der Waals surface area contributed by atoms with Crippen molar-refractivity contribution < 1.29 is 14.3 Å². The maximum Gasteiger partial charge on any atom is 0.239 e. The van der Waals surface area contributed by atoms with Gasteiger partial charge in [-0.1, -0.05) is 30.3 Å². The smallest absolute Gasteiger partial charge is 0.239 e. The molecule has 1 fully saturated rings. The third-order valence-electron chi connectivity index (χ3n) is 4.42. The van der Waals surface area contributed by atoms with Crippen LogP contribution in [0.4, 0.5) is 5.69 Å². The number of ether oxygens (including phenoxy) is 1. The summed E-state index contributed by atoms with van der Waals surface area (Å²) in [5, 5.41) is 2.90. The molecule has 0 aromatic heterocycles. The summed E-state index contributed by atoms with van der Waals surface area (Å²) >= 11 is 0. The monoisotopic (exact) mass is 366 g/mol. The van der Waals surface area contributed by atoms with Crippen molar-refractivity contribution in [2.75, 3.05) is 11.4 Å². The maximum absolute atomic E-state index is 12.7. The van der Waals surface area contributed by atoms with Gasteiger partial charge in [-0.15, -0.1) is 0 Å². The molecule has 142 valence electrons. The summed E-state index contributed by atoms with van der Waals surface area (Å²) in [5.74, 6) is -0.206. The number of nitrogens with zero attached hydrogens (tertiary/aromatic N) is 1. The fraction of sp³-hybridized carbons (Fsp3) is 0.364. The van der Waals surface area contributed by atoms with Crippen molar-refractivity contribution in [2.45, 2.75) is 39.3 Å². The normalized spacial score (nSPS) is 17.1. The maximum atomic E-state index is 12.7. The summed E-state index contributed by atoms with van der Waals surface area (Å²) in [5.41, 5.74) is 1.55. The van der Waals surface area contributed by atoms with Gasteiger partial charge in [0.1, 0.15) is 18.3 Å². The van der Waals surface area contributed by atoms with E-state index in [4.69, 9.17) is 4.74 Å². The molecule has 5 nitrogen and oxygen atoms in total. The van der Waals surface area contributed by atoms with Gasteiger partial charge in [-0.2, -0.15) is 0 Å². The van der Waals surface area contributed by atoms with Crippen LogP contribution >= 0.6 is 0 Å².